The Morgan fingerprint density at radius 1 is 0.478 bits per heavy atom. The number of aliphatic imine (C=N–C) groups is 1. The fraction of sp³-hybridized carbons (Fsp3) is 0.488. The van der Waals surface area contributed by atoms with E-state index >= 15 is 0 Å². The molecule has 2 aromatic carbocycles. The van der Waals surface area contributed by atoms with Crippen molar-refractivity contribution < 1.29 is 44.4 Å². The Kier molecular flexibility index (Phi) is 27.2. The van der Waals surface area contributed by atoms with Crippen molar-refractivity contribution in [2.45, 2.75) is 130 Å². The van der Waals surface area contributed by atoms with Crippen LogP contribution < -0.4 is 0 Å². The smallest absolute Gasteiger partial charge is 0 e. The number of benzene rings is 2. The van der Waals surface area contributed by atoms with Crippen molar-refractivity contribution in [3.8, 4) is 0 Å². The number of para-hydroxylation sites is 2. The summed E-state index contributed by atoms with van der Waals surface area (Å²) in [6.07, 6.45) is 29.8. The molecule has 0 spiro atoms. The Morgan fingerprint density at radius 2 is 0.739 bits per heavy atom. The van der Waals surface area contributed by atoms with Gasteiger partial charge in [0.2, 0.25) is 0 Å². The first-order chi connectivity index (χ1) is 20.7. The number of hydrogen-bond donors (Lipinski definition) is 0. The molecule has 1 N–H and O–H groups in total. The van der Waals surface area contributed by atoms with Crippen molar-refractivity contribution >= 4 is 17.7 Å². The average Bonchev–Trinajstić information content (AvgIpc) is 2.92. The summed E-state index contributed by atoms with van der Waals surface area (Å²) in [6.45, 7) is 17.8. The first kappa shape index (κ1) is 46.2. The van der Waals surface area contributed by atoms with E-state index in [2.05, 4.69) is 140 Å². The maximum atomic E-state index is 4.85. The van der Waals surface area contributed by atoms with Gasteiger partial charge in [0.1, 0.15) is 0 Å². The van der Waals surface area contributed by atoms with Crippen LogP contribution >= 0.6 is 0 Å². The predicted molar refractivity (Wildman–Crippen MR) is 196 cm³/mol. The van der Waals surface area contributed by atoms with E-state index < -0.39 is 0 Å². The average molecular weight is 803 g/mol. The van der Waals surface area contributed by atoms with Crippen molar-refractivity contribution in [3.63, 3.8) is 0 Å². The molecule has 260 valence electrons. The summed E-state index contributed by atoms with van der Waals surface area (Å²) in [5, 5.41) is 4.85. The van der Waals surface area contributed by atoms with Crippen molar-refractivity contribution in [3.05, 3.63) is 113 Å². The summed E-state index contributed by atoms with van der Waals surface area (Å²) in [7, 11) is 0. The third-order valence-electron chi connectivity index (χ3n) is 7.73. The molecule has 4 rings (SSSR count). The van der Waals surface area contributed by atoms with E-state index in [0.29, 0.717) is 23.7 Å². The second kappa shape index (κ2) is 27.1. The largest absolute Gasteiger partial charge is 0.870 e. The number of nitrogens with zero attached hydrogens (tertiary/aromatic N) is 2. The van der Waals surface area contributed by atoms with E-state index in [0.717, 1.165) is 11.4 Å². The summed E-state index contributed by atoms with van der Waals surface area (Å²) >= 11 is 0. The minimum atomic E-state index is 0. The van der Waals surface area contributed by atoms with Gasteiger partial charge in [-0.05, 0) is 109 Å². The molecule has 0 saturated carbocycles. The van der Waals surface area contributed by atoms with Crippen LogP contribution in [-0.4, -0.2) is 11.8 Å². The van der Waals surface area contributed by atoms with Gasteiger partial charge in [0.15, 0.2) is 0 Å². The molecule has 5 heteroatoms. The van der Waals surface area contributed by atoms with Crippen LogP contribution in [0.1, 0.15) is 153 Å². The zero-order chi connectivity index (χ0) is 31.5. The van der Waals surface area contributed by atoms with Crippen molar-refractivity contribution in [2.75, 3.05) is 0 Å². The van der Waals surface area contributed by atoms with Crippen LogP contribution in [0.2, 0.25) is 0 Å². The van der Waals surface area contributed by atoms with Gasteiger partial charge in [-0.25, -0.2) is 0 Å². The molecule has 0 amide bonds. The SMILES string of the molecule is C1=C\CC/C=C\CC/1.C1=C\CC/C=C\CC/1.CC(C)c1cccc(C(C)C)c1N=C[N-]c1c(C(C)C)cccc1C(C)C.[OH-].[Rh].[Rh]. The van der Waals surface area contributed by atoms with E-state index in [1.165, 1.54) is 73.6 Å². The summed E-state index contributed by atoms with van der Waals surface area (Å²) < 4.78 is 0. The van der Waals surface area contributed by atoms with Crippen LogP contribution in [0.5, 0.6) is 0 Å². The molecule has 0 unspecified atom stereocenters. The van der Waals surface area contributed by atoms with Gasteiger partial charge >= 0.3 is 0 Å². The van der Waals surface area contributed by atoms with Crippen LogP contribution in [-0.2, 0) is 39.0 Å². The van der Waals surface area contributed by atoms with Crippen LogP contribution in [0.3, 0.4) is 0 Å². The van der Waals surface area contributed by atoms with Gasteiger partial charge in [-0.1, -0.05) is 147 Å². The normalized spacial score (nSPS) is 16.9. The van der Waals surface area contributed by atoms with Gasteiger partial charge in [0.25, 0.3) is 0 Å². The summed E-state index contributed by atoms with van der Waals surface area (Å²) in [6, 6.07) is 13.0. The van der Waals surface area contributed by atoms with Gasteiger partial charge in [-0.3, -0.25) is 0 Å². The molecule has 0 saturated heterocycles. The molecular weight excluding hydrogens is 742 g/mol. The molecule has 2 aliphatic carbocycles. The van der Waals surface area contributed by atoms with E-state index in [1.807, 2.05) is 0 Å². The van der Waals surface area contributed by atoms with Crippen LogP contribution in [0.25, 0.3) is 5.32 Å². The van der Waals surface area contributed by atoms with Crippen LogP contribution in [0.4, 0.5) is 11.4 Å². The molecule has 2 aliphatic rings. The second-order valence-corrected chi connectivity index (χ2v) is 12.8. The van der Waals surface area contributed by atoms with Gasteiger partial charge in [0, 0.05) is 39.0 Å². The van der Waals surface area contributed by atoms with Gasteiger partial charge in [-0.15, -0.1) is 0 Å². The molecule has 2 aromatic rings. The Labute approximate surface area is 308 Å². The molecule has 0 atom stereocenters. The van der Waals surface area contributed by atoms with Crippen molar-refractivity contribution in [2.24, 2.45) is 4.99 Å². The molecule has 3 nitrogen and oxygen atoms in total. The Balaban J connectivity index is 0. The fourth-order valence-corrected chi connectivity index (χ4v) is 5.18. The molecule has 46 heavy (non-hydrogen) atoms. The maximum Gasteiger partial charge on any atom is 0 e. The summed E-state index contributed by atoms with van der Waals surface area (Å²) in [5.74, 6) is 1.74. The van der Waals surface area contributed by atoms with E-state index in [4.69, 9.17) is 10.3 Å². The monoisotopic (exact) mass is 802 g/mol. The molecule has 0 aromatic heterocycles. The molecule has 2 radical (unpaired) electrons. The molecular formula is C41H60N2ORh2-2. The quantitative estimate of drug-likeness (QED) is 0.119. The van der Waals surface area contributed by atoms with Gasteiger partial charge in [-0.2, -0.15) is 0 Å². The molecule has 0 bridgehead atoms. The van der Waals surface area contributed by atoms with Crippen molar-refractivity contribution in [1.82, 2.24) is 0 Å². The first-order valence-electron chi connectivity index (χ1n) is 16.8. The second-order valence-electron chi connectivity index (χ2n) is 12.8. The third kappa shape index (κ3) is 17.3. The standard InChI is InChI=1S/C25H35N2.2C8H12.H2O.2Rh/c1-16(2)20-11-9-12-21(17(3)4)24(20)26-15-27-25-22(18(5)6)13-10-14-23(25)19(7)8;2*1-2-4-6-8-7-5-3-1;;;/h9-19H,1-8H3;2*1-2,7-8H,3-6H2;1H2;;/q-1;;;;;/p-1/b;2*2-1-,8-7-;;;. The maximum absolute atomic E-state index is 4.85. The van der Waals surface area contributed by atoms with Crippen molar-refractivity contribution in [1.29, 1.82) is 0 Å². The van der Waals surface area contributed by atoms with Gasteiger partial charge < -0.3 is 15.8 Å². The Bertz CT molecular complexity index is 1090. The summed E-state index contributed by atoms with van der Waals surface area (Å²) in [4.78, 5) is 4.85. The third-order valence-corrected chi connectivity index (χ3v) is 7.73. The predicted octanol–water partition coefficient (Wildman–Crippen LogP) is 13.7. The minimum Gasteiger partial charge on any atom is -0.870 e. The number of rotatable bonds is 7. The first-order valence-corrected chi connectivity index (χ1v) is 16.8. The number of allylic oxidation sites excluding steroid dienone is 8. The van der Waals surface area contributed by atoms with Crippen LogP contribution in [0, 0.1) is 0 Å². The molecule has 0 fully saturated rings. The van der Waals surface area contributed by atoms with Gasteiger partial charge in [0.05, 0.1) is 0 Å². The van der Waals surface area contributed by atoms with E-state index in [1.54, 1.807) is 6.34 Å². The Morgan fingerprint density at radius 3 is 1.00 bits per heavy atom. The zero-order valence-electron chi connectivity index (χ0n) is 29.6. The Hall–Kier alpha value is -1.92. The molecule has 0 heterocycles. The fourth-order valence-electron chi connectivity index (χ4n) is 5.18. The van der Waals surface area contributed by atoms with Crippen LogP contribution in [0.15, 0.2) is 90.0 Å². The number of hydrogen-bond acceptors (Lipinski definition) is 2. The van der Waals surface area contributed by atoms with E-state index in [-0.39, 0.29) is 44.4 Å². The van der Waals surface area contributed by atoms with E-state index in [9.17, 15) is 0 Å². The minimum absolute atomic E-state index is 0. The zero-order valence-corrected chi connectivity index (χ0v) is 32.9. The molecule has 0 aliphatic heterocycles. The summed E-state index contributed by atoms with van der Waals surface area (Å²) in [5.41, 5.74) is 7.31. The topological polar surface area (TPSA) is 56.5 Å².